The van der Waals surface area contributed by atoms with Gasteiger partial charge in [-0.25, -0.2) is 0 Å². The molecule has 0 spiro atoms. The highest BCUT2D eigenvalue weighted by Gasteiger charge is 2.10. The Bertz CT molecular complexity index is 590. The normalized spacial score (nSPS) is 10.4. The summed E-state index contributed by atoms with van der Waals surface area (Å²) >= 11 is 0. The quantitative estimate of drug-likeness (QED) is 0.751. The van der Waals surface area contributed by atoms with Crippen LogP contribution in [0.1, 0.15) is 11.1 Å². The number of aromatic nitrogens is 3. The molecular formula is C11H11N3O2. The van der Waals surface area contributed by atoms with Crippen LogP contribution in [-0.2, 0) is 0 Å². The number of nitrogens with one attached hydrogen (secondary N) is 1. The summed E-state index contributed by atoms with van der Waals surface area (Å²) in [5.41, 5.74) is 1.30. The number of hydrogen-bond acceptors (Lipinski definition) is 4. The van der Waals surface area contributed by atoms with E-state index in [2.05, 4.69) is 15.0 Å². The van der Waals surface area contributed by atoms with Gasteiger partial charge in [0.2, 0.25) is 5.88 Å². The summed E-state index contributed by atoms with van der Waals surface area (Å²) in [5.74, 6) is 0.0232. The highest BCUT2D eigenvalue weighted by molar-refractivity contribution is 5.54. The van der Waals surface area contributed by atoms with Crippen LogP contribution in [0.25, 0.3) is 11.5 Å². The van der Waals surface area contributed by atoms with Crippen molar-refractivity contribution < 1.29 is 5.11 Å². The molecule has 0 aromatic carbocycles. The predicted octanol–water partition coefficient (Wildman–Crippen LogP) is 1.15. The van der Waals surface area contributed by atoms with E-state index in [-0.39, 0.29) is 22.8 Å². The molecule has 0 aliphatic rings. The zero-order chi connectivity index (χ0) is 11.7. The summed E-state index contributed by atoms with van der Waals surface area (Å²) in [4.78, 5) is 22.1. The number of aryl methyl sites for hydroxylation is 1. The molecule has 0 saturated carbocycles. The maximum absolute atomic E-state index is 11.5. The Balaban J connectivity index is 2.67. The van der Waals surface area contributed by atoms with Crippen LogP contribution >= 0.6 is 0 Å². The first-order chi connectivity index (χ1) is 7.59. The van der Waals surface area contributed by atoms with Crippen molar-refractivity contribution in [1.29, 1.82) is 0 Å². The first-order valence-electron chi connectivity index (χ1n) is 4.81. The molecule has 82 valence electrons. The molecular weight excluding hydrogens is 206 g/mol. The smallest absolute Gasteiger partial charge is 0.257 e. The fraction of sp³-hybridized carbons (Fsp3) is 0.182. The largest absolute Gasteiger partial charge is 0.493 e. The van der Waals surface area contributed by atoms with Crippen molar-refractivity contribution in [3.05, 3.63) is 39.8 Å². The summed E-state index contributed by atoms with van der Waals surface area (Å²) in [7, 11) is 0. The highest BCUT2D eigenvalue weighted by Crippen LogP contribution is 2.17. The van der Waals surface area contributed by atoms with E-state index < -0.39 is 0 Å². The van der Waals surface area contributed by atoms with Gasteiger partial charge in [0, 0.05) is 6.20 Å². The fourth-order valence-electron chi connectivity index (χ4n) is 1.37. The molecule has 2 N–H and O–H groups in total. The topological polar surface area (TPSA) is 78.9 Å². The first-order valence-corrected chi connectivity index (χ1v) is 4.81. The molecule has 0 atom stereocenters. The Hall–Kier alpha value is -2.17. The van der Waals surface area contributed by atoms with Gasteiger partial charge in [-0.05, 0) is 25.5 Å². The zero-order valence-corrected chi connectivity index (χ0v) is 8.98. The molecule has 2 rings (SSSR count). The van der Waals surface area contributed by atoms with E-state index in [0.717, 1.165) is 5.56 Å². The van der Waals surface area contributed by atoms with Crippen LogP contribution in [0, 0.1) is 13.8 Å². The van der Waals surface area contributed by atoms with Gasteiger partial charge in [-0.1, -0.05) is 6.07 Å². The number of aromatic amines is 1. The predicted molar refractivity (Wildman–Crippen MR) is 59.2 cm³/mol. The lowest BCUT2D eigenvalue weighted by atomic mass is 10.2. The highest BCUT2D eigenvalue weighted by atomic mass is 16.3. The SMILES string of the molecule is Cc1cccnc1-c1nc(O)c(C)c(=O)[nH]1. The van der Waals surface area contributed by atoms with E-state index >= 15 is 0 Å². The number of pyridine rings is 1. The second kappa shape index (κ2) is 3.77. The standard InChI is InChI=1S/C11H11N3O2/c1-6-4-3-5-12-8(6)9-13-10(15)7(2)11(16)14-9/h3-5H,1-2H3,(H2,13,14,15,16). The van der Waals surface area contributed by atoms with Gasteiger partial charge in [0.05, 0.1) is 5.56 Å². The summed E-state index contributed by atoms with van der Waals surface area (Å²) in [5, 5.41) is 9.47. The third kappa shape index (κ3) is 1.67. The van der Waals surface area contributed by atoms with Crippen LogP contribution < -0.4 is 5.56 Å². The second-order valence-electron chi connectivity index (χ2n) is 3.53. The van der Waals surface area contributed by atoms with Crippen LogP contribution in [0.4, 0.5) is 0 Å². The lowest BCUT2D eigenvalue weighted by Gasteiger charge is -2.04. The van der Waals surface area contributed by atoms with E-state index in [4.69, 9.17) is 0 Å². The molecule has 0 aliphatic heterocycles. The van der Waals surface area contributed by atoms with E-state index in [0.29, 0.717) is 5.69 Å². The summed E-state index contributed by atoms with van der Waals surface area (Å²) in [6, 6.07) is 3.66. The van der Waals surface area contributed by atoms with Crippen molar-refractivity contribution in [3.8, 4) is 17.4 Å². The molecule has 0 saturated heterocycles. The Labute approximate surface area is 91.8 Å². The number of H-pyrrole nitrogens is 1. The summed E-state index contributed by atoms with van der Waals surface area (Å²) in [6.45, 7) is 3.37. The molecule has 0 aliphatic carbocycles. The molecule has 5 nitrogen and oxygen atoms in total. The van der Waals surface area contributed by atoms with Crippen LogP contribution in [0.15, 0.2) is 23.1 Å². The minimum Gasteiger partial charge on any atom is -0.493 e. The van der Waals surface area contributed by atoms with Crippen LogP contribution in [0.2, 0.25) is 0 Å². The molecule has 0 radical (unpaired) electrons. The average Bonchev–Trinajstić information content (AvgIpc) is 2.26. The number of aromatic hydroxyl groups is 1. The van der Waals surface area contributed by atoms with Crippen molar-refractivity contribution in [2.75, 3.05) is 0 Å². The van der Waals surface area contributed by atoms with Gasteiger partial charge >= 0.3 is 0 Å². The number of hydrogen-bond donors (Lipinski definition) is 2. The fourth-order valence-corrected chi connectivity index (χ4v) is 1.37. The molecule has 2 heterocycles. The van der Waals surface area contributed by atoms with Crippen molar-refractivity contribution in [2.45, 2.75) is 13.8 Å². The van der Waals surface area contributed by atoms with Crippen molar-refractivity contribution in [2.24, 2.45) is 0 Å². The van der Waals surface area contributed by atoms with Gasteiger partial charge in [0.25, 0.3) is 5.56 Å². The van der Waals surface area contributed by atoms with Crippen LogP contribution in [0.5, 0.6) is 5.88 Å². The molecule has 5 heteroatoms. The van der Waals surface area contributed by atoms with Crippen molar-refractivity contribution >= 4 is 0 Å². The van der Waals surface area contributed by atoms with Crippen molar-refractivity contribution in [3.63, 3.8) is 0 Å². The third-order valence-electron chi connectivity index (χ3n) is 2.36. The number of rotatable bonds is 1. The molecule has 0 amide bonds. The van der Waals surface area contributed by atoms with Crippen molar-refractivity contribution in [1.82, 2.24) is 15.0 Å². The van der Waals surface area contributed by atoms with Crippen LogP contribution in [-0.4, -0.2) is 20.1 Å². The molecule has 0 unspecified atom stereocenters. The lowest BCUT2D eigenvalue weighted by Crippen LogP contribution is -2.12. The van der Waals surface area contributed by atoms with E-state index in [1.54, 1.807) is 12.3 Å². The third-order valence-corrected chi connectivity index (χ3v) is 2.36. The zero-order valence-electron chi connectivity index (χ0n) is 8.98. The van der Waals surface area contributed by atoms with Crippen LogP contribution in [0.3, 0.4) is 0 Å². The van der Waals surface area contributed by atoms with E-state index in [1.807, 2.05) is 13.0 Å². The van der Waals surface area contributed by atoms with Gasteiger partial charge in [0.1, 0.15) is 5.69 Å². The lowest BCUT2D eigenvalue weighted by molar-refractivity contribution is 0.447. The number of nitrogens with zero attached hydrogens (tertiary/aromatic N) is 2. The van der Waals surface area contributed by atoms with E-state index in [9.17, 15) is 9.90 Å². The Morgan fingerprint density at radius 3 is 2.75 bits per heavy atom. The molecule has 16 heavy (non-hydrogen) atoms. The minimum atomic E-state index is -0.354. The average molecular weight is 217 g/mol. The molecule has 2 aromatic rings. The maximum atomic E-state index is 11.5. The maximum Gasteiger partial charge on any atom is 0.257 e. The van der Waals surface area contributed by atoms with Gasteiger partial charge in [-0.2, -0.15) is 4.98 Å². The second-order valence-corrected chi connectivity index (χ2v) is 3.53. The first kappa shape index (κ1) is 10.4. The molecule has 0 fully saturated rings. The monoisotopic (exact) mass is 217 g/mol. The minimum absolute atomic E-state index is 0.206. The Morgan fingerprint density at radius 1 is 1.38 bits per heavy atom. The summed E-state index contributed by atoms with van der Waals surface area (Å²) in [6.07, 6.45) is 1.61. The Kier molecular flexibility index (Phi) is 2.44. The van der Waals surface area contributed by atoms with Gasteiger partial charge in [0.15, 0.2) is 5.82 Å². The molecule has 2 aromatic heterocycles. The Morgan fingerprint density at radius 2 is 2.12 bits per heavy atom. The van der Waals surface area contributed by atoms with E-state index in [1.165, 1.54) is 6.92 Å². The molecule has 0 bridgehead atoms. The van der Waals surface area contributed by atoms with Gasteiger partial charge in [-0.3, -0.25) is 9.78 Å². The van der Waals surface area contributed by atoms with Gasteiger partial charge < -0.3 is 10.1 Å². The summed E-state index contributed by atoms with van der Waals surface area (Å²) < 4.78 is 0. The van der Waals surface area contributed by atoms with Gasteiger partial charge in [-0.15, -0.1) is 0 Å².